The van der Waals surface area contributed by atoms with Crippen molar-refractivity contribution in [1.29, 1.82) is 0 Å². The van der Waals surface area contributed by atoms with Gasteiger partial charge >= 0.3 is 6.09 Å². The highest BCUT2D eigenvalue weighted by Crippen LogP contribution is 2.30. The van der Waals surface area contributed by atoms with Crippen molar-refractivity contribution in [2.75, 3.05) is 26.2 Å². The lowest BCUT2D eigenvalue weighted by atomic mass is 10.1. The molecule has 150 valence electrons. The number of nitrogens with zero attached hydrogens (tertiary/aromatic N) is 3. The standard InChI is InChI=1S/C18H20BrClN4O4/c1-18(2,3)28-17(27)24-6-4-23(5-7-24)16(26)14(25)10-8-21-13-12(10)11(20)9-22-15(13)19/h8-9,21H,4-7H2,1-3H3. The second-order valence-electron chi connectivity index (χ2n) is 7.44. The van der Waals surface area contributed by atoms with E-state index >= 15 is 0 Å². The van der Waals surface area contributed by atoms with Crippen LogP contribution in [0, 0.1) is 0 Å². The zero-order valence-corrected chi connectivity index (χ0v) is 18.1. The summed E-state index contributed by atoms with van der Waals surface area (Å²) < 4.78 is 5.84. The second-order valence-corrected chi connectivity index (χ2v) is 8.60. The number of rotatable bonds is 2. The van der Waals surface area contributed by atoms with Crippen molar-refractivity contribution in [3.05, 3.63) is 27.6 Å². The molecule has 0 atom stereocenters. The van der Waals surface area contributed by atoms with Crippen molar-refractivity contribution in [2.24, 2.45) is 0 Å². The molecule has 0 bridgehead atoms. The van der Waals surface area contributed by atoms with Gasteiger partial charge in [0.15, 0.2) is 0 Å². The third-order valence-electron chi connectivity index (χ3n) is 4.27. The molecule has 1 aliphatic rings. The van der Waals surface area contributed by atoms with Gasteiger partial charge in [-0.05, 0) is 36.7 Å². The molecule has 0 saturated carbocycles. The third kappa shape index (κ3) is 4.15. The van der Waals surface area contributed by atoms with E-state index < -0.39 is 23.4 Å². The average molecular weight is 472 g/mol. The Morgan fingerprint density at radius 1 is 1.18 bits per heavy atom. The first-order chi connectivity index (χ1) is 13.1. The van der Waals surface area contributed by atoms with Gasteiger partial charge in [-0.15, -0.1) is 0 Å². The Hall–Kier alpha value is -2.13. The normalized spacial score (nSPS) is 15.0. The van der Waals surface area contributed by atoms with Crippen molar-refractivity contribution in [3.63, 3.8) is 0 Å². The molecule has 3 heterocycles. The van der Waals surface area contributed by atoms with Gasteiger partial charge in [-0.2, -0.15) is 0 Å². The number of fused-ring (bicyclic) bond motifs is 1. The highest BCUT2D eigenvalue weighted by molar-refractivity contribution is 9.10. The number of hydrogen-bond acceptors (Lipinski definition) is 5. The minimum atomic E-state index is -0.656. The Morgan fingerprint density at radius 2 is 1.79 bits per heavy atom. The van der Waals surface area contributed by atoms with Gasteiger partial charge in [-0.25, -0.2) is 9.78 Å². The summed E-state index contributed by atoms with van der Waals surface area (Å²) in [6.45, 7) is 6.50. The van der Waals surface area contributed by atoms with Gasteiger partial charge in [-0.3, -0.25) is 9.59 Å². The molecular formula is C18H20BrClN4O4. The fourth-order valence-corrected chi connectivity index (χ4v) is 3.59. The molecule has 0 spiro atoms. The molecule has 0 radical (unpaired) electrons. The molecule has 1 saturated heterocycles. The van der Waals surface area contributed by atoms with E-state index in [1.807, 2.05) is 0 Å². The lowest BCUT2D eigenvalue weighted by Crippen LogP contribution is -2.53. The third-order valence-corrected chi connectivity index (χ3v) is 5.16. The molecule has 1 aliphatic heterocycles. The molecular weight excluding hydrogens is 452 g/mol. The van der Waals surface area contributed by atoms with E-state index in [0.29, 0.717) is 28.6 Å². The number of carbonyl (C=O) groups excluding carboxylic acids is 3. The Labute approximate surface area is 175 Å². The maximum atomic E-state index is 12.8. The number of piperazine rings is 1. The minimum Gasteiger partial charge on any atom is -0.444 e. The highest BCUT2D eigenvalue weighted by Gasteiger charge is 2.32. The Bertz CT molecular complexity index is 945. The molecule has 1 N–H and O–H groups in total. The van der Waals surface area contributed by atoms with Crippen molar-refractivity contribution >= 4 is 56.2 Å². The fourth-order valence-electron chi connectivity index (χ4n) is 2.93. The van der Waals surface area contributed by atoms with Gasteiger partial charge in [0.2, 0.25) is 0 Å². The zero-order valence-electron chi connectivity index (χ0n) is 15.7. The summed E-state index contributed by atoms with van der Waals surface area (Å²) in [6, 6.07) is 0. The molecule has 0 unspecified atom stereocenters. The van der Waals surface area contributed by atoms with E-state index in [1.54, 1.807) is 20.8 Å². The molecule has 1 fully saturated rings. The van der Waals surface area contributed by atoms with Crippen LogP contribution in [0.15, 0.2) is 17.0 Å². The Morgan fingerprint density at radius 3 is 2.39 bits per heavy atom. The lowest BCUT2D eigenvalue weighted by molar-refractivity contribution is -0.128. The van der Waals surface area contributed by atoms with Gasteiger partial charge in [0.25, 0.3) is 11.7 Å². The fraction of sp³-hybridized carbons (Fsp3) is 0.444. The van der Waals surface area contributed by atoms with Crippen molar-refractivity contribution in [1.82, 2.24) is 19.8 Å². The summed E-state index contributed by atoms with van der Waals surface area (Å²) in [7, 11) is 0. The SMILES string of the molecule is CC(C)(C)OC(=O)N1CCN(C(=O)C(=O)c2c[nH]c3c(Br)ncc(Cl)c23)CC1. The topological polar surface area (TPSA) is 95.6 Å². The summed E-state index contributed by atoms with van der Waals surface area (Å²) in [5.41, 5.74) is 0.165. The number of ether oxygens (including phenoxy) is 1. The van der Waals surface area contributed by atoms with Gasteiger partial charge in [-0.1, -0.05) is 11.6 Å². The number of nitrogens with one attached hydrogen (secondary N) is 1. The predicted octanol–water partition coefficient (Wildman–Crippen LogP) is 3.24. The smallest absolute Gasteiger partial charge is 0.410 e. The maximum Gasteiger partial charge on any atom is 0.410 e. The first kappa shape index (κ1) is 20.6. The van der Waals surface area contributed by atoms with Crippen LogP contribution in [0.5, 0.6) is 0 Å². The Kier molecular flexibility index (Phi) is 5.67. The van der Waals surface area contributed by atoms with Crippen molar-refractivity contribution < 1.29 is 19.1 Å². The number of halogens is 2. The van der Waals surface area contributed by atoms with Crippen LogP contribution in [-0.4, -0.2) is 69.3 Å². The minimum absolute atomic E-state index is 0.197. The Balaban J connectivity index is 1.70. The first-order valence-corrected chi connectivity index (χ1v) is 9.88. The summed E-state index contributed by atoms with van der Waals surface area (Å²) in [4.78, 5) is 47.6. The molecule has 0 aliphatic carbocycles. The van der Waals surface area contributed by atoms with Gasteiger partial charge < -0.3 is 19.5 Å². The molecule has 10 heteroatoms. The number of aromatic amines is 1. The summed E-state index contributed by atoms with van der Waals surface area (Å²) in [5, 5.41) is 0.736. The lowest BCUT2D eigenvalue weighted by Gasteiger charge is -2.35. The van der Waals surface area contributed by atoms with Crippen molar-refractivity contribution in [3.8, 4) is 0 Å². The predicted molar refractivity (Wildman–Crippen MR) is 108 cm³/mol. The number of hydrogen-bond donors (Lipinski definition) is 1. The first-order valence-electron chi connectivity index (χ1n) is 8.71. The van der Waals surface area contributed by atoms with Gasteiger partial charge in [0.05, 0.1) is 16.1 Å². The van der Waals surface area contributed by atoms with Crippen LogP contribution >= 0.6 is 27.5 Å². The largest absolute Gasteiger partial charge is 0.444 e. The average Bonchev–Trinajstić information content (AvgIpc) is 3.09. The molecule has 28 heavy (non-hydrogen) atoms. The zero-order chi connectivity index (χ0) is 20.6. The van der Waals surface area contributed by atoms with Gasteiger partial charge in [0.1, 0.15) is 10.2 Å². The van der Waals surface area contributed by atoms with Crippen molar-refractivity contribution in [2.45, 2.75) is 26.4 Å². The number of carbonyl (C=O) groups is 3. The van der Waals surface area contributed by atoms with Crippen LogP contribution in [0.4, 0.5) is 4.79 Å². The van der Waals surface area contributed by atoms with E-state index in [9.17, 15) is 14.4 Å². The van der Waals surface area contributed by atoms with E-state index in [-0.39, 0.29) is 23.7 Å². The van der Waals surface area contributed by atoms with Crippen LogP contribution in [0.25, 0.3) is 10.9 Å². The molecule has 0 aromatic carbocycles. The van der Waals surface area contributed by atoms with E-state index in [2.05, 4.69) is 25.9 Å². The summed E-state index contributed by atoms with van der Waals surface area (Å²) in [6.07, 6.45) is 2.45. The van der Waals surface area contributed by atoms with Crippen LogP contribution < -0.4 is 0 Å². The van der Waals surface area contributed by atoms with Crippen LogP contribution in [0.1, 0.15) is 31.1 Å². The van der Waals surface area contributed by atoms with Crippen LogP contribution in [-0.2, 0) is 9.53 Å². The van der Waals surface area contributed by atoms with E-state index in [1.165, 1.54) is 22.2 Å². The number of amides is 2. The van der Waals surface area contributed by atoms with E-state index in [4.69, 9.17) is 16.3 Å². The molecule has 3 rings (SSSR count). The second kappa shape index (κ2) is 7.71. The number of Topliss-reactive ketones (excluding diaryl/α,β-unsaturated/α-hetero) is 1. The van der Waals surface area contributed by atoms with E-state index in [0.717, 1.165) is 0 Å². The molecule has 8 nitrogen and oxygen atoms in total. The van der Waals surface area contributed by atoms with Gasteiger partial charge in [0, 0.05) is 44.0 Å². The number of ketones is 1. The maximum absolute atomic E-state index is 12.8. The monoisotopic (exact) mass is 470 g/mol. The molecule has 2 aromatic heterocycles. The quantitative estimate of drug-likeness (QED) is 0.412. The molecule has 2 amide bonds. The molecule has 2 aromatic rings. The highest BCUT2D eigenvalue weighted by atomic mass is 79.9. The summed E-state index contributed by atoms with van der Waals surface area (Å²) in [5.74, 6) is -1.29. The summed E-state index contributed by atoms with van der Waals surface area (Å²) >= 11 is 9.47. The number of H-pyrrole nitrogens is 1. The van der Waals surface area contributed by atoms with Crippen LogP contribution in [0.2, 0.25) is 5.02 Å². The number of aromatic nitrogens is 2. The van der Waals surface area contributed by atoms with Crippen LogP contribution in [0.3, 0.4) is 0 Å². The number of pyridine rings is 1.